The lowest BCUT2D eigenvalue weighted by Crippen LogP contribution is -2.37. The lowest BCUT2D eigenvalue weighted by Gasteiger charge is -2.22. The van der Waals surface area contributed by atoms with Crippen LogP contribution >= 0.6 is 11.6 Å². The molecule has 3 rings (SSSR count). The normalized spacial score (nSPS) is 12.6. The molecule has 144 valence electrons. The highest BCUT2D eigenvalue weighted by molar-refractivity contribution is 7.92. The average Bonchev–Trinajstić information content (AvgIpc) is 3.06. The minimum Gasteiger partial charge on any atom is -0.495 e. The van der Waals surface area contributed by atoms with Crippen LogP contribution in [0.5, 0.6) is 17.2 Å². The summed E-state index contributed by atoms with van der Waals surface area (Å²) in [6.45, 7) is -0.349. The van der Waals surface area contributed by atoms with Gasteiger partial charge in [0.2, 0.25) is 22.7 Å². The van der Waals surface area contributed by atoms with Crippen LogP contribution in [0.2, 0.25) is 5.02 Å². The number of nitrogens with one attached hydrogen (secondary N) is 1. The van der Waals surface area contributed by atoms with Crippen molar-refractivity contribution in [1.82, 2.24) is 0 Å². The van der Waals surface area contributed by atoms with Gasteiger partial charge in [-0.2, -0.15) is 0 Å². The van der Waals surface area contributed by atoms with E-state index in [0.29, 0.717) is 33.6 Å². The molecule has 2 aromatic carbocycles. The Labute approximate surface area is 161 Å². The average molecular weight is 413 g/mol. The lowest BCUT2D eigenvalue weighted by atomic mass is 10.2. The largest absolute Gasteiger partial charge is 0.495 e. The molecule has 0 aromatic heterocycles. The molecule has 0 bridgehead atoms. The fraction of sp³-hybridized carbons (Fsp3) is 0.235. The Kier molecular flexibility index (Phi) is 5.33. The number of sulfonamides is 1. The van der Waals surface area contributed by atoms with Crippen LogP contribution in [0.3, 0.4) is 0 Å². The molecule has 0 spiro atoms. The Morgan fingerprint density at radius 1 is 1.22 bits per heavy atom. The predicted octanol–water partition coefficient (Wildman–Crippen LogP) is 2.48. The molecule has 1 aliphatic heterocycles. The predicted molar refractivity (Wildman–Crippen MR) is 101 cm³/mol. The summed E-state index contributed by atoms with van der Waals surface area (Å²) in [6, 6.07) is 9.38. The molecule has 2 aromatic rings. The van der Waals surface area contributed by atoms with Crippen molar-refractivity contribution in [3.8, 4) is 17.2 Å². The molecular weight excluding hydrogens is 396 g/mol. The first-order chi connectivity index (χ1) is 12.8. The van der Waals surface area contributed by atoms with Gasteiger partial charge in [-0.05, 0) is 30.3 Å². The number of hydrogen-bond donors (Lipinski definition) is 1. The van der Waals surface area contributed by atoms with E-state index in [1.54, 1.807) is 24.3 Å². The Morgan fingerprint density at radius 2 is 1.96 bits per heavy atom. The van der Waals surface area contributed by atoms with E-state index in [1.807, 2.05) is 0 Å². The number of anilines is 2. The highest BCUT2D eigenvalue weighted by Gasteiger charge is 2.24. The first-order valence-electron chi connectivity index (χ1n) is 7.78. The van der Waals surface area contributed by atoms with E-state index in [0.717, 1.165) is 10.6 Å². The van der Waals surface area contributed by atoms with Crippen LogP contribution in [-0.4, -0.2) is 41.0 Å². The summed E-state index contributed by atoms with van der Waals surface area (Å²) in [4.78, 5) is 12.4. The number of nitrogens with zero attached hydrogens (tertiary/aromatic N) is 1. The van der Waals surface area contributed by atoms with Crippen LogP contribution in [0.15, 0.2) is 36.4 Å². The Hall–Kier alpha value is -2.65. The number of carbonyl (C=O) groups excluding carboxylic acids is 1. The van der Waals surface area contributed by atoms with E-state index in [4.69, 9.17) is 25.8 Å². The number of halogens is 1. The van der Waals surface area contributed by atoms with Crippen molar-refractivity contribution in [3.63, 3.8) is 0 Å². The second-order valence-corrected chi connectivity index (χ2v) is 8.02. The van der Waals surface area contributed by atoms with Crippen LogP contribution in [-0.2, 0) is 14.8 Å². The van der Waals surface area contributed by atoms with Gasteiger partial charge in [0.05, 0.1) is 24.1 Å². The molecule has 0 fully saturated rings. The van der Waals surface area contributed by atoms with Crippen molar-refractivity contribution in [2.45, 2.75) is 0 Å². The number of benzene rings is 2. The first kappa shape index (κ1) is 19.1. The second kappa shape index (κ2) is 7.53. The van der Waals surface area contributed by atoms with Gasteiger partial charge in [-0.15, -0.1) is 0 Å². The van der Waals surface area contributed by atoms with Crippen LogP contribution < -0.4 is 23.8 Å². The number of methoxy groups -OCH3 is 1. The molecule has 0 aliphatic carbocycles. The number of rotatable bonds is 6. The third-order valence-corrected chi connectivity index (χ3v) is 5.20. The molecule has 1 amide bonds. The smallest absolute Gasteiger partial charge is 0.245 e. The SMILES string of the molecule is COc1ccc(NC(=O)CN(c2ccc3c(c2)OCO3)S(C)(=O)=O)cc1Cl. The van der Waals surface area contributed by atoms with E-state index in [2.05, 4.69) is 5.32 Å². The molecule has 0 saturated carbocycles. The Morgan fingerprint density at radius 3 is 2.63 bits per heavy atom. The zero-order chi connectivity index (χ0) is 19.6. The Bertz CT molecular complexity index is 979. The molecule has 0 saturated heterocycles. The number of ether oxygens (including phenoxy) is 3. The van der Waals surface area contributed by atoms with Crippen molar-refractivity contribution in [2.24, 2.45) is 0 Å². The quantitative estimate of drug-likeness (QED) is 0.783. The van der Waals surface area contributed by atoms with Gasteiger partial charge in [0.25, 0.3) is 0 Å². The topological polar surface area (TPSA) is 94.2 Å². The van der Waals surface area contributed by atoms with Gasteiger partial charge in [-0.1, -0.05) is 11.6 Å². The molecular formula is C17H17ClN2O6S. The summed E-state index contributed by atoms with van der Waals surface area (Å²) in [5.74, 6) is 0.875. The zero-order valence-corrected chi connectivity index (χ0v) is 16.1. The number of amides is 1. The summed E-state index contributed by atoms with van der Waals surface area (Å²) in [6.07, 6.45) is 1.02. The van der Waals surface area contributed by atoms with E-state index >= 15 is 0 Å². The maximum Gasteiger partial charge on any atom is 0.245 e. The van der Waals surface area contributed by atoms with E-state index in [9.17, 15) is 13.2 Å². The molecule has 1 N–H and O–H groups in total. The second-order valence-electron chi connectivity index (χ2n) is 5.70. The van der Waals surface area contributed by atoms with Crippen molar-refractivity contribution < 1.29 is 27.4 Å². The minimum atomic E-state index is -3.71. The Balaban J connectivity index is 1.79. The number of carbonyl (C=O) groups is 1. The van der Waals surface area contributed by atoms with Gasteiger partial charge in [0.15, 0.2) is 11.5 Å². The fourth-order valence-corrected chi connectivity index (χ4v) is 3.62. The van der Waals surface area contributed by atoms with Crippen LogP contribution in [0, 0.1) is 0 Å². The van der Waals surface area contributed by atoms with E-state index in [-0.39, 0.29) is 6.79 Å². The standard InChI is InChI=1S/C17H17ClN2O6S/c1-24-14-5-3-11(7-13(14)18)19-17(21)9-20(27(2,22)23)12-4-6-15-16(8-12)26-10-25-15/h3-8H,9-10H2,1-2H3,(H,19,21). The maximum atomic E-state index is 12.4. The number of fused-ring (bicyclic) bond motifs is 1. The summed E-state index contributed by atoms with van der Waals surface area (Å²) in [7, 11) is -2.23. The van der Waals surface area contributed by atoms with E-state index in [1.165, 1.54) is 19.2 Å². The zero-order valence-electron chi connectivity index (χ0n) is 14.6. The molecule has 27 heavy (non-hydrogen) atoms. The first-order valence-corrected chi connectivity index (χ1v) is 10.0. The van der Waals surface area contributed by atoms with E-state index < -0.39 is 22.5 Å². The summed E-state index contributed by atoms with van der Waals surface area (Å²) in [5.41, 5.74) is 0.717. The summed E-state index contributed by atoms with van der Waals surface area (Å²) in [5, 5.41) is 2.94. The highest BCUT2D eigenvalue weighted by atomic mass is 35.5. The minimum absolute atomic E-state index is 0.0658. The van der Waals surface area contributed by atoms with Crippen molar-refractivity contribution in [3.05, 3.63) is 41.4 Å². The van der Waals surface area contributed by atoms with Crippen LogP contribution in [0.4, 0.5) is 11.4 Å². The van der Waals surface area contributed by atoms with Gasteiger partial charge in [0.1, 0.15) is 12.3 Å². The van der Waals surface area contributed by atoms with Gasteiger partial charge in [-0.25, -0.2) is 8.42 Å². The molecule has 0 atom stereocenters. The van der Waals surface area contributed by atoms with Crippen LogP contribution in [0.25, 0.3) is 0 Å². The molecule has 1 heterocycles. The molecule has 0 unspecified atom stereocenters. The summed E-state index contributed by atoms with van der Waals surface area (Å²) >= 11 is 6.03. The number of hydrogen-bond acceptors (Lipinski definition) is 6. The van der Waals surface area contributed by atoms with Crippen LogP contribution in [0.1, 0.15) is 0 Å². The van der Waals surface area contributed by atoms with Gasteiger partial charge in [-0.3, -0.25) is 9.10 Å². The van der Waals surface area contributed by atoms with Crippen molar-refractivity contribution >= 4 is 38.9 Å². The summed E-state index contributed by atoms with van der Waals surface area (Å²) < 4.78 is 40.9. The third kappa shape index (κ3) is 4.37. The monoisotopic (exact) mass is 412 g/mol. The van der Waals surface area contributed by atoms with Gasteiger partial charge >= 0.3 is 0 Å². The lowest BCUT2D eigenvalue weighted by molar-refractivity contribution is -0.114. The van der Waals surface area contributed by atoms with Gasteiger partial charge < -0.3 is 19.5 Å². The maximum absolute atomic E-state index is 12.4. The highest BCUT2D eigenvalue weighted by Crippen LogP contribution is 2.36. The van der Waals surface area contributed by atoms with Crippen molar-refractivity contribution in [1.29, 1.82) is 0 Å². The molecule has 0 radical (unpaired) electrons. The molecule has 8 nitrogen and oxygen atoms in total. The van der Waals surface area contributed by atoms with Gasteiger partial charge in [0, 0.05) is 11.8 Å². The molecule has 10 heteroatoms. The third-order valence-electron chi connectivity index (χ3n) is 3.77. The van der Waals surface area contributed by atoms with Crippen molar-refractivity contribution in [2.75, 3.05) is 36.3 Å². The molecule has 1 aliphatic rings. The fourth-order valence-electron chi connectivity index (χ4n) is 2.52.